The van der Waals surface area contributed by atoms with E-state index >= 15 is 0 Å². The molecule has 404 valence electrons. The van der Waals surface area contributed by atoms with Crippen LogP contribution in [0.1, 0.15) is 81.7 Å². The van der Waals surface area contributed by atoms with Gasteiger partial charge in [0.05, 0.1) is 41.7 Å². The number of nitrogens with two attached hydrogens (primary N) is 1. The quantitative estimate of drug-likeness (QED) is 0.0248. The molecule has 0 radical (unpaired) electrons. The second kappa shape index (κ2) is 23.8. The molecule has 22 nitrogen and oxygen atoms in total. The van der Waals surface area contributed by atoms with Gasteiger partial charge in [0.25, 0.3) is 11.8 Å². The molecule has 1 saturated heterocycles. The van der Waals surface area contributed by atoms with Crippen LogP contribution >= 0.6 is 11.6 Å². The Labute approximate surface area is 443 Å². The maximum absolute atomic E-state index is 14.6. The van der Waals surface area contributed by atoms with Crippen molar-refractivity contribution in [1.29, 1.82) is 0 Å². The zero-order valence-corrected chi connectivity index (χ0v) is 44.0. The van der Waals surface area contributed by atoms with Gasteiger partial charge >= 0.3 is 18.1 Å². The lowest BCUT2D eigenvalue weighted by Gasteiger charge is -2.31. The lowest BCUT2D eigenvalue weighted by atomic mass is 9.95. The first kappa shape index (κ1) is 54.4. The molecular weight excluding hydrogens is 1000 g/mol. The Morgan fingerprint density at radius 2 is 1.71 bits per heavy atom. The predicted molar refractivity (Wildman–Crippen MR) is 288 cm³/mol. The largest absolute Gasteiger partial charge is 0.465 e. The number of fused-ring (bicyclic) bond motifs is 5. The first-order valence-electron chi connectivity index (χ1n) is 25.1. The average Bonchev–Trinajstić information content (AvgIpc) is 4.24. The smallest absolute Gasteiger partial charge is 0.415 e. The van der Waals surface area contributed by atoms with Crippen LogP contribution in [-0.2, 0) is 19.1 Å². The van der Waals surface area contributed by atoms with E-state index in [1.165, 1.54) is 19.1 Å². The summed E-state index contributed by atoms with van der Waals surface area (Å²) in [7, 11) is 4.76. The third-order valence-electron chi connectivity index (χ3n) is 13.7. The van der Waals surface area contributed by atoms with E-state index in [-0.39, 0.29) is 72.5 Å². The minimum absolute atomic E-state index is 0.00148. The number of anilines is 3. The van der Waals surface area contributed by atoms with Gasteiger partial charge in [0.2, 0.25) is 11.8 Å². The number of para-hydroxylation sites is 1. The number of halogens is 1. The van der Waals surface area contributed by atoms with Crippen LogP contribution < -0.4 is 42.0 Å². The zero-order valence-electron chi connectivity index (χ0n) is 43.3. The summed E-state index contributed by atoms with van der Waals surface area (Å²) >= 11 is 6.60. The van der Waals surface area contributed by atoms with E-state index in [0.29, 0.717) is 101 Å². The van der Waals surface area contributed by atoms with Crippen molar-refractivity contribution in [2.45, 2.75) is 58.0 Å². The number of ether oxygens (including phenoxy) is 3. The van der Waals surface area contributed by atoms with Crippen molar-refractivity contribution in [3.8, 4) is 5.75 Å². The van der Waals surface area contributed by atoms with Crippen LogP contribution in [-0.4, -0.2) is 153 Å². The summed E-state index contributed by atoms with van der Waals surface area (Å²) < 4.78 is 22.4. The Bertz CT molecular complexity index is 3180. The summed E-state index contributed by atoms with van der Waals surface area (Å²) in [6, 6.07) is 13.6. The molecule has 3 atom stereocenters. The molecule has 0 aliphatic carbocycles. The van der Waals surface area contributed by atoms with Crippen LogP contribution in [0.3, 0.4) is 0 Å². The fourth-order valence-electron chi connectivity index (χ4n) is 9.70. The van der Waals surface area contributed by atoms with Crippen molar-refractivity contribution in [2.75, 3.05) is 95.1 Å². The van der Waals surface area contributed by atoms with Crippen molar-refractivity contribution in [3.05, 3.63) is 82.9 Å². The summed E-state index contributed by atoms with van der Waals surface area (Å²) in [5, 5.41) is 16.5. The number of aromatic amines is 2. The molecule has 6 aromatic rings. The predicted octanol–water partition coefficient (Wildman–Crippen LogP) is 5.99. The van der Waals surface area contributed by atoms with E-state index < -0.39 is 47.9 Å². The summed E-state index contributed by atoms with van der Waals surface area (Å²) in [5.74, 6) is -2.62. The second-order valence-electron chi connectivity index (χ2n) is 19.4. The van der Waals surface area contributed by atoms with Gasteiger partial charge in [-0.2, -0.15) is 0 Å². The number of aryl methyl sites for hydroxylation is 1. The number of hydrogen-bond donors (Lipinski definition) is 8. The minimum atomic E-state index is -0.798. The first-order chi connectivity index (χ1) is 36.5. The molecule has 0 bridgehead atoms. The number of H-pyrrole nitrogens is 2. The van der Waals surface area contributed by atoms with Gasteiger partial charge in [0, 0.05) is 111 Å². The normalized spacial score (nSPS) is 15.4. The van der Waals surface area contributed by atoms with Crippen LogP contribution in [0.5, 0.6) is 5.75 Å². The number of methoxy groups -OCH3 is 2. The van der Waals surface area contributed by atoms with E-state index in [4.69, 9.17) is 36.0 Å². The monoisotopic (exact) mass is 1070 g/mol. The number of esters is 1. The lowest BCUT2D eigenvalue weighted by Crippen LogP contribution is -2.53. The fraction of sp³-hybridized carbons (Fsp3) is 0.415. The van der Waals surface area contributed by atoms with Crippen LogP contribution in [0, 0.1) is 12.8 Å². The SMILES string of the molecule is COCCC(=O)N[C@H](C(=O)N[C@@H](CCCNC(N)=O)CNc1cccc2cc(C(=O)Nc3ccc4oc(C(=O)N5C[C@@H](CCl)c6c5cc(OC(=O)N5CCN(C)CC5)c5[nH]c(C)c(C(=O)OC)c65)cc4c3)[nH]c12)C(C)C. The molecule has 7 amide bonds. The number of hydrogen-bond acceptors (Lipinski definition) is 13. The molecule has 5 heterocycles. The molecular formula is C53H64ClN11O11. The average molecular weight is 1070 g/mol. The topological polar surface area (TPSA) is 288 Å². The second-order valence-corrected chi connectivity index (χ2v) is 19.7. The highest BCUT2D eigenvalue weighted by Gasteiger charge is 2.39. The van der Waals surface area contributed by atoms with E-state index in [1.807, 2.05) is 39.1 Å². The van der Waals surface area contributed by atoms with Crippen molar-refractivity contribution >= 4 is 103 Å². The van der Waals surface area contributed by atoms with Gasteiger partial charge < -0.3 is 75.6 Å². The number of amides is 7. The highest BCUT2D eigenvalue weighted by Crippen LogP contribution is 2.48. The van der Waals surface area contributed by atoms with Crippen molar-refractivity contribution < 1.29 is 52.2 Å². The molecule has 0 saturated carbocycles. The van der Waals surface area contributed by atoms with E-state index in [0.717, 1.165) is 5.39 Å². The van der Waals surface area contributed by atoms with Crippen molar-refractivity contribution in [2.24, 2.45) is 11.7 Å². The molecule has 2 aliphatic heterocycles. The summed E-state index contributed by atoms with van der Waals surface area (Å²) in [5.41, 5.74) is 9.80. The lowest BCUT2D eigenvalue weighted by molar-refractivity contribution is -0.130. The van der Waals surface area contributed by atoms with Gasteiger partial charge in [-0.15, -0.1) is 11.6 Å². The summed E-state index contributed by atoms with van der Waals surface area (Å²) in [6.45, 7) is 8.59. The molecule has 3 aromatic carbocycles. The van der Waals surface area contributed by atoms with Crippen LogP contribution in [0.15, 0.2) is 59.0 Å². The third kappa shape index (κ3) is 12.0. The minimum Gasteiger partial charge on any atom is -0.465 e. The van der Waals surface area contributed by atoms with Gasteiger partial charge in [0.15, 0.2) is 11.5 Å². The summed E-state index contributed by atoms with van der Waals surface area (Å²) in [6.07, 6.45) is 0.501. The van der Waals surface area contributed by atoms with Gasteiger partial charge in [-0.1, -0.05) is 26.0 Å². The number of furan rings is 1. The molecule has 3 aromatic heterocycles. The number of rotatable bonds is 20. The number of benzene rings is 3. The summed E-state index contributed by atoms with van der Waals surface area (Å²) in [4.78, 5) is 105. The molecule has 0 unspecified atom stereocenters. The molecule has 9 N–H and O–H groups in total. The number of piperazine rings is 1. The van der Waals surface area contributed by atoms with E-state index in [1.54, 1.807) is 48.2 Å². The van der Waals surface area contributed by atoms with Crippen molar-refractivity contribution in [3.63, 3.8) is 0 Å². The Kier molecular flexibility index (Phi) is 17.1. The number of primary amides is 1. The zero-order chi connectivity index (χ0) is 54.4. The number of likely N-dealkylation sites (N-methyl/N-ethyl adjacent to an activating group) is 1. The standard InChI is InChI=1S/C53H64ClN11O11/c1-28(2)45(62-41(66)14-20-73-5)49(68)60-34(10-8-15-56-52(55)71)26-57-35-11-7-9-30-22-36(61-46(30)35)48(67)59-33-12-13-38-31(21-33)23-40(75-38)50(69)65-27-32(25-54)43-37(65)24-39(76-53(72)64-18-16-63(4)17-19-64)47-44(43)42(29(3)58-47)51(70)74-6/h7,9,11-13,21-24,28,32,34,45,57-58,61H,8,10,14-20,25-27H2,1-6H3,(H,59,67)(H,60,68)(H,62,66)(H3,55,56,71)/t32-,34+,45+/m1/s1. The van der Waals surface area contributed by atoms with Crippen molar-refractivity contribution in [1.82, 2.24) is 35.7 Å². The number of nitrogens with zero attached hydrogens (tertiary/aromatic N) is 3. The Morgan fingerprint density at radius 1 is 0.934 bits per heavy atom. The Hall–Kier alpha value is -7.82. The maximum atomic E-state index is 14.6. The maximum Gasteiger partial charge on any atom is 0.415 e. The number of carbonyl (C=O) groups excluding carboxylic acids is 7. The molecule has 23 heteroatoms. The van der Waals surface area contributed by atoms with Gasteiger partial charge in [-0.3, -0.25) is 19.2 Å². The number of nitrogens with one attached hydrogen (secondary N) is 7. The number of aromatic nitrogens is 2. The van der Waals surface area contributed by atoms with E-state index in [9.17, 15) is 33.6 Å². The van der Waals surface area contributed by atoms with Crippen LogP contribution in [0.4, 0.5) is 26.7 Å². The molecule has 76 heavy (non-hydrogen) atoms. The highest BCUT2D eigenvalue weighted by atomic mass is 35.5. The highest BCUT2D eigenvalue weighted by molar-refractivity contribution is 6.20. The molecule has 2 aliphatic rings. The molecule has 8 rings (SSSR count). The molecule has 0 spiro atoms. The van der Waals surface area contributed by atoms with Gasteiger partial charge in [-0.25, -0.2) is 14.4 Å². The fourth-order valence-corrected chi connectivity index (χ4v) is 9.95. The number of carbonyl (C=O) groups is 7. The Morgan fingerprint density at radius 3 is 2.42 bits per heavy atom. The Balaban J connectivity index is 0.992. The number of alkyl halides is 1. The first-order valence-corrected chi connectivity index (χ1v) is 25.6. The van der Waals surface area contributed by atoms with Crippen LogP contribution in [0.2, 0.25) is 0 Å². The number of urea groups is 1. The van der Waals surface area contributed by atoms with Gasteiger partial charge in [0.1, 0.15) is 17.3 Å². The van der Waals surface area contributed by atoms with Crippen LogP contribution in [0.25, 0.3) is 32.8 Å². The van der Waals surface area contributed by atoms with Gasteiger partial charge in [-0.05, 0) is 74.7 Å². The van der Waals surface area contributed by atoms with E-state index in [2.05, 4.69) is 41.5 Å². The molecule has 1 fully saturated rings. The third-order valence-corrected chi connectivity index (χ3v) is 14.1.